The molecule has 1 aromatic rings. The molecule has 0 aliphatic heterocycles. The molecular weight excluding hydrogens is 222 g/mol. The number of carboxylic acid groups (broad SMARTS) is 1. The van der Waals surface area contributed by atoms with Gasteiger partial charge < -0.3 is 15.1 Å². The van der Waals surface area contributed by atoms with Gasteiger partial charge in [-0.05, 0) is 6.07 Å². The number of carboxylic acids is 1. The summed E-state index contributed by atoms with van der Waals surface area (Å²) in [6.45, 7) is 0.218. The van der Waals surface area contributed by atoms with Crippen molar-refractivity contribution in [2.24, 2.45) is 0 Å². The van der Waals surface area contributed by atoms with Crippen LogP contribution < -0.4 is 0 Å². The molecule has 0 bridgehead atoms. The molecule has 0 radical (unpaired) electrons. The lowest BCUT2D eigenvalue weighted by Gasteiger charge is -2.15. The number of hydrogen-bond donors (Lipinski definition) is 2. The van der Waals surface area contributed by atoms with Gasteiger partial charge in [-0.15, -0.1) is 0 Å². The van der Waals surface area contributed by atoms with Gasteiger partial charge in [-0.1, -0.05) is 18.2 Å². The van der Waals surface area contributed by atoms with Crippen LogP contribution >= 0.6 is 0 Å². The second-order valence-electron chi connectivity index (χ2n) is 3.49. The number of phenols is 1. The highest BCUT2D eigenvalue weighted by Gasteiger charge is 2.08. The Hall–Kier alpha value is -2.30. The number of carbonyl (C=O) groups excluding carboxylic acids is 1. The molecule has 2 N–H and O–H groups in total. The highest BCUT2D eigenvalue weighted by atomic mass is 16.4. The maximum Gasteiger partial charge on any atom is 0.328 e. The maximum atomic E-state index is 11.5. The summed E-state index contributed by atoms with van der Waals surface area (Å²) < 4.78 is 0. The van der Waals surface area contributed by atoms with Crippen LogP contribution in [0.15, 0.2) is 36.4 Å². The zero-order valence-corrected chi connectivity index (χ0v) is 9.33. The summed E-state index contributed by atoms with van der Waals surface area (Å²) in [5.41, 5.74) is 0.604. The molecule has 0 heterocycles. The number of aliphatic carboxylic acids is 1. The predicted octanol–water partition coefficient (Wildman–Crippen LogP) is 0.991. The summed E-state index contributed by atoms with van der Waals surface area (Å²) in [6, 6.07) is 6.66. The second kappa shape index (κ2) is 5.69. The van der Waals surface area contributed by atoms with Crippen molar-refractivity contribution in [2.45, 2.75) is 6.54 Å². The summed E-state index contributed by atoms with van der Waals surface area (Å²) in [6.07, 6.45) is 1.76. The van der Waals surface area contributed by atoms with Crippen LogP contribution in [0.1, 0.15) is 5.56 Å². The lowest BCUT2D eigenvalue weighted by atomic mass is 10.2. The molecule has 1 aromatic carbocycles. The topological polar surface area (TPSA) is 77.8 Å². The molecule has 0 aromatic heterocycles. The number of phenolic OH excluding ortho intramolecular Hbond substituents is 1. The second-order valence-corrected chi connectivity index (χ2v) is 3.49. The molecule has 0 unspecified atom stereocenters. The molecule has 0 aliphatic carbocycles. The minimum absolute atomic E-state index is 0.106. The minimum atomic E-state index is -1.17. The van der Waals surface area contributed by atoms with Crippen molar-refractivity contribution in [3.63, 3.8) is 0 Å². The van der Waals surface area contributed by atoms with Crippen LogP contribution in [0.3, 0.4) is 0 Å². The molecule has 0 saturated carbocycles. The van der Waals surface area contributed by atoms with E-state index in [0.717, 1.165) is 12.2 Å². The SMILES string of the molecule is CN(Cc1ccccc1O)C(=O)/C=C/C(=O)O. The van der Waals surface area contributed by atoms with Crippen LogP contribution in [0.4, 0.5) is 0 Å². The van der Waals surface area contributed by atoms with E-state index in [-0.39, 0.29) is 12.3 Å². The molecule has 17 heavy (non-hydrogen) atoms. The molecule has 0 atom stereocenters. The van der Waals surface area contributed by atoms with E-state index in [4.69, 9.17) is 5.11 Å². The van der Waals surface area contributed by atoms with Crippen molar-refractivity contribution in [2.75, 3.05) is 7.05 Å². The zero-order valence-electron chi connectivity index (χ0n) is 9.33. The monoisotopic (exact) mass is 235 g/mol. The van der Waals surface area contributed by atoms with E-state index in [0.29, 0.717) is 5.56 Å². The number of likely N-dealkylation sites (N-methyl/N-ethyl adjacent to an activating group) is 1. The van der Waals surface area contributed by atoms with Gasteiger partial charge in [0, 0.05) is 31.3 Å². The van der Waals surface area contributed by atoms with Gasteiger partial charge in [0.05, 0.1) is 0 Å². The van der Waals surface area contributed by atoms with Crippen molar-refractivity contribution in [1.82, 2.24) is 4.90 Å². The molecule has 1 rings (SSSR count). The number of amides is 1. The number of hydrogen-bond acceptors (Lipinski definition) is 3. The first-order valence-electron chi connectivity index (χ1n) is 4.93. The van der Waals surface area contributed by atoms with Gasteiger partial charge in [0.15, 0.2) is 0 Å². The third kappa shape index (κ3) is 3.98. The average Bonchev–Trinajstić information content (AvgIpc) is 2.28. The van der Waals surface area contributed by atoms with Gasteiger partial charge >= 0.3 is 5.97 Å². The van der Waals surface area contributed by atoms with Crippen molar-refractivity contribution >= 4 is 11.9 Å². The van der Waals surface area contributed by atoms with Crippen molar-refractivity contribution in [1.29, 1.82) is 0 Å². The summed E-state index contributed by atoms with van der Waals surface area (Å²) >= 11 is 0. The highest BCUT2D eigenvalue weighted by Crippen LogP contribution is 2.17. The molecule has 5 heteroatoms. The number of aromatic hydroxyl groups is 1. The highest BCUT2D eigenvalue weighted by molar-refractivity contribution is 5.93. The smallest absolute Gasteiger partial charge is 0.328 e. The Morgan fingerprint density at radius 3 is 2.53 bits per heavy atom. The van der Waals surface area contributed by atoms with E-state index in [2.05, 4.69) is 0 Å². The van der Waals surface area contributed by atoms with Crippen molar-refractivity contribution in [3.05, 3.63) is 42.0 Å². The van der Waals surface area contributed by atoms with Crippen LogP contribution in [0.2, 0.25) is 0 Å². The molecule has 0 saturated heterocycles. The number of nitrogens with zero attached hydrogens (tertiary/aromatic N) is 1. The first-order valence-corrected chi connectivity index (χ1v) is 4.93. The fourth-order valence-electron chi connectivity index (χ4n) is 1.25. The van der Waals surface area contributed by atoms with Crippen LogP contribution in [-0.2, 0) is 16.1 Å². The van der Waals surface area contributed by atoms with E-state index in [1.807, 2.05) is 0 Å². The Kier molecular flexibility index (Phi) is 4.28. The minimum Gasteiger partial charge on any atom is -0.508 e. The Labute approximate surface area is 98.6 Å². The zero-order chi connectivity index (χ0) is 12.8. The molecule has 0 fully saturated rings. The molecular formula is C12H13NO4. The summed E-state index contributed by atoms with van der Waals surface area (Å²) in [5, 5.41) is 17.9. The van der Waals surface area contributed by atoms with Gasteiger partial charge in [-0.25, -0.2) is 4.79 Å². The van der Waals surface area contributed by atoms with Crippen molar-refractivity contribution in [3.8, 4) is 5.75 Å². The number of carbonyl (C=O) groups is 2. The fraction of sp³-hybridized carbons (Fsp3) is 0.167. The Balaban J connectivity index is 2.67. The Bertz CT molecular complexity index is 454. The molecule has 0 spiro atoms. The van der Waals surface area contributed by atoms with Gasteiger partial charge in [0.2, 0.25) is 5.91 Å². The normalized spacial score (nSPS) is 10.4. The summed E-state index contributed by atoms with van der Waals surface area (Å²) in [4.78, 5) is 23.0. The average molecular weight is 235 g/mol. The van der Waals surface area contributed by atoms with Crippen molar-refractivity contribution < 1.29 is 19.8 Å². The number of benzene rings is 1. The maximum absolute atomic E-state index is 11.5. The number of para-hydroxylation sites is 1. The molecule has 1 amide bonds. The molecule has 0 aliphatic rings. The van der Waals surface area contributed by atoms with E-state index >= 15 is 0 Å². The first kappa shape index (κ1) is 12.8. The number of rotatable bonds is 4. The standard InChI is InChI=1S/C12H13NO4/c1-13(11(15)6-7-12(16)17)8-9-4-2-3-5-10(9)14/h2-7,14H,8H2,1H3,(H,16,17)/b7-6+. The van der Waals surface area contributed by atoms with E-state index in [9.17, 15) is 14.7 Å². The summed E-state index contributed by atoms with van der Waals surface area (Å²) in [7, 11) is 1.53. The largest absolute Gasteiger partial charge is 0.508 e. The van der Waals surface area contributed by atoms with Gasteiger partial charge in [0.1, 0.15) is 5.75 Å². The third-order valence-electron chi connectivity index (χ3n) is 2.14. The lowest BCUT2D eigenvalue weighted by molar-refractivity contribution is -0.132. The van der Waals surface area contributed by atoms with E-state index in [1.54, 1.807) is 18.2 Å². The Morgan fingerprint density at radius 1 is 1.29 bits per heavy atom. The van der Waals surface area contributed by atoms with E-state index < -0.39 is 11.9 Å². The third-order valence-corrected chi connectivity index (χ3v) is 2.14. The predicted molar refractivity (Wildman–Crippen MR) is 61.4 cm³/mol. The Morgan fingerprint density at radius 2 is 1.94 bits per heavy atom. The molecule has 5 nitrogen and oxygen atoms in total. The van der Waals surface area contributed by atoms with Gasteiger partial charge in [-0.2, -0.15) is 0 Å². The van der Waals surface area contributed by atoms with Crippen LogP contribution in [0, 0.1) is 0 Å². The lowest BCUT2D eigenvalue weighted by Crippen LogP contribution is -2.24. The van der Waals surface area contributed by atoms with E-state index in [1.165, 1.54) is 18.0 Å². The first-order chi connectivity index (χ1) is 8.00. The summed E-state index contributed by atoms with van der Waals surface area (Å²) in [5.74, 6) is -1.50. The fourth-order valence-corrected chi connectivity index (χ4v) is 1.25. The van der Waals surface area contributed by atoms with Crippen LogP contribution in [0.25, 0.3) is 0 Å². The van der Waals surface area contributed by atoms with Crippen LogP contribution in [-0.4, -0.2) is 34.0 Å². The quantitative estimate of drug-likeness (QED) is 0.763. The van der Waals surface area contributed by atoms with Gasteiger partial charge in [-0.3, -0.25) is 4.79 Å². The van der Waals surface area contributed by atoms with Crippen LogP contribution in [0.5, 0.6) is 5.75 Å². The van der Waals surface area contributed by atoms with Gasteiger partial charge in [0.25, 0.3) is 0 Å². The molecule has 90 valence electrons.